The van der Waals surface area contributed by atoms with Gasteiger partial charge in [0.15, 0.2) is 0 Å². The van der Waals surface area contributed by atoms with E-state index in [9.17, 15) is 0 Å². The van der Waals surface area contributed by atoms with Crippen LogP contribution in [0.5, 0.6) is 0 Å². The zero-order valence-corrected chi connectivity index (χ0v) is 10.8. The molecule has 3 nitrogen and oxygen atoms in total. The van der Waals surface area contributed by atoms with Crippen molar-refractivity contribution in [3.05, 3.63) is 17.7 Å². The van der Waals surface area contributed by atoms with Gasteiger partial charge in [0.25, 0.3) is 0 Å². The van der Waals surface area contributed by atoms with Gasteiger partial charge in [-0.3, -0.25) is 4.90 Å². The SMILES string of the molecule is Cc1cnc([C@H]2CCN(C3CCCCC3)C2)[nH]1. The van der Waals surface area contributed by atoms with E-state index in [1.807, 2.05) is 6.20 Å². The summed E-state index contributed by atoms with van der Waals surface area (Å²) in [5.41, 5.74) is 1.19. The van der Waals surface area contributed by atoms with Gasteiger partial charge in [-0.2, -0.15) is 0 Å². The Kier molecular flexibility index (Phi) is 3.19. The molecule has 0 radical (unpaired) electrons. The van der Waals surface area contributed by atoms with Gasteiger partial charge in [-0.05, 0) is 32.7 Å². The van der Waals surface area contributed by atoms with Crippen molar-refractivity contribution < 1.29 is 0 Å². The van der Waals surface area contributed by atoms with Crippen LogP contribution < -0.4 is 0 Å². The molecule has 0 unspecified atom stereocenters. The molecule has 1 saturated carbocycles. The Labute approximate surface area is 104 Å². The summed E-state index contributed by atoms with van der Waals surface area (Å²) < 4.78 is 0. The van der Waals surface area contributed by atoms with E-state index >= 15 is 0 Å². The Bertz CT molecular complexity index is 365. The number of likely N-dealkylation sites (tertiary alicyclic amines) is 1. The molecule has 0 amide bonds. The lowest BCUT2D eigenvalue weighted by Gasteiger charge is -2.30. The Morgan fingerprint density at radius 1 is 1.24 bits per heavy atom. The summed E-state index contributed by atoms with van der Waals surface area (Å²) in [7, 11) is 0. The first-order chi connectivity index (χ1) is 8.33. The molecule has 2 aliphatic rings. The summed E-state index contributed by atoms with van der Waals surface area (Å²) >= 11 is 0. The highest BCUT2D eigenvalue weighted by Crippen LogP contribution is 2.31. The highest BCUT2D eigenvalue weighted by atomic mass is 15.2. The molecule has 0 aromatic carbocycles. The van der Waals surface area contributed by atoms with Gasteiger partial charge in [0.2, 0.25) is 0 Å². The van der Waals surface area contributed by atoms with Crippen molar-refractivity contribution in [2.24, 2.45) is 0 Å². The standard InChI is InChI=1S/C14H23N3/c1-11-9-15-14(16-11)12-7-8-17(10-12)13-5-3-2-4-6-13/h9,12-13H,2-8,10H2,1H3,(H,15,16)/t12-/m0/s1. The maximum absolute atomic E-state index is 4.50. The molecule has 3 rings (SSSR count). The van der Waals surface area contributed by atoms with E-state index < -0.39 is 0 Å². The monoisotopic (exact) mass is 233 g/mol. The van der Waals surface area contributed by atoms with Gasteiger partial charge >= 0.3 is 0 Å². The summed E-state index contributed by atoms with van der Waals surface area (Å²) in [6.45, 7) is 4.58. The van der Waals surface area contributed by atoms with Crippen LogP contribution in [-0.4, -0.2) is 34.0 Å². The van der Waals surface area contributed by atoms with Crippen LogP contribution in [0.15, 0.2) is 6.20 Å². The quantitative estimate of drug-likeness (QED) is 0.851. The molecule has 1 aromatic heterocycles. The second kappa shape index (κ2) is 4.81. The first-order valence-corrected chi connectivity index (χ1v) is 7.08. The number of nitrogens with one attached hydrogen (secondary N) is 1. The van der Waals surface area contributed by atoms with Crippen molar-refractivity contribution in [2.45, 2.75) is 57.4 Å². The van der Waals surface area contributed by atoms with E-state index in [-0.39, 0.29) is 0 Å². The fraction of sp³-hybridized carbons (Fsp3) is 0.786. The maximum atomic E-state index is 4.50. The molecule has 1 saturated heterocycles. The lowest BCUT2D eigenvalue weighted by molar-refractivity contribution is 0.189. The van der Waals surface area contributed by atoms with Crippen LogP contribution in [0, 0.1) is 6.92 Å². The lowest BCUT2D eigenvalue weighted by Crippen LogP contribution is -2.34. The third-order valence-corrected chi connectivity index (χ3v) is 4.42. The molecule has 17 heavy (non-hydrogen) atoms. The summed E-state index contributed by atoms with van der Waals surface area (Å²) in [6, 6.07) is 0.866. The van der Waals surface area contributed by atoms with Gasteiger partial charge in [-0.25, -0.2) is 4.98 Å². The van der Waals surface area contributed by atoms with Crippen LogP contribution in [-0.2, 0) is 0 Å². The highest BCUT2D eigenvalue weighted by molar-refractivity contribution is 5.07. The Balaban J connectivity index is 1.61. The third kappa shape index (κ3) is 2.39. The highest BCUT2D eigenvalue weighted by Gasteiger charge is 2.30. The average Bonchev–Trinajstić information content (AvgIpc) is 2.98. The molecular weight excluding hydrogens is 210 g/mol. The summed E-state index contributed by atoms with van der Waals surface area (Å²) in [5, 5.41) is 0. The molecule has 0 bridgehead atoms. The third-order valence-electron chi connectivity index (χ3n) is 4.42. The molecule has 1 aromatic rings. The normalized spacial score (nSPS) is 27.7. The smallest absolute Gasteiger partial charge is 0.110 e. The van der Waals surface area contributed by atoms with Crippen LogP contribution in [0.25, 0.3) is 0 Å². The lowest BCUT2D eigenvalue weighted by atomic mass is 9.94. The topological polar surface area (TPSA) is 31.9 Å². The van der Waals surface area contributed by atoms with E-state index in [4.69, 9.17) is 0 Å². The van der Waals surface area contributed by atoms with Crippen molar-refractivity contribution in [3.63, 3.8) is 0 Å². The zero-order chi connectivity index (χ0) is 11.7. The second-order valence-corrected chi connectivity index (χ2v) is 5.72. The van der Waals surface area contributed by atoms with Gasteiger partial charge in [-0.15, -0.1) is 0 Å². The molecule has 94 valence electrons. The maximum Gasteiger partial charge on any atom is 0.110 e. The van der Waals surface area contributed by atoms with E-state index in [0.717, 1.165) is 6.04 Å². The van der Waals surface area contributed by atoms with Crippen molar-refractivity contribution in [2.75, 3.05) is 13.1 Å². The number of rotatable bonds is 2. The Morgan fingerprint density at radius 2 is 2.06 bits per heavy atom. The number of H-pyrrole nitrogens is 1. The van der Waals surface area contributed by atoms with E-state index in [1.54, 1.807) is 0 Å². The van der Waals surface area contributed by atoms with Gasteiger partial charge < -0.3 is 4.98 Å². The van der Waals surface area contributed by atoms with Crippen LogP contribution in [0.3, 0.4) is 0 Å². The Hall–Kier alpha value is -0.830. The summed E-state index contributed by atoms with van der Waals surface area (Å²) in [6.07, 6.45) is 10.4. The van der Waals surface area contributed by atoms with Gasteiger partial charge in [0, 0.05) is 30.4 Å². The molecule has 1 aliphatic carbocycles. The first kappa shape index (κ1) is 11.3. The van der Waals surface area contributed by atoms with Crippen molar-refractivity contribution in [1.82, 2.24) is 14.9 Å². The van der Waals surface area contributed by atoms with Crippen molar-refractivity contribution >= 4 is 0 Å². The van der Waals surface area contributed by atoms with Gasteiger partial charge in [0.1, 0.15) is 5.82 Å². The number of aromatic amines is 1. The average molecular weight is 233 g/mol. The molecule has 2 heterocycles. The number of aromatic nitrogens is 2. The minimum Gasteiger partial charge on any atom is -0.346 e. The molecule has 1 atom stereocenters. The van der Waals surface area contributed by atoms with Crippen LogP contribution in [0.1, 0.15) is 56.0 Å². The minimum absolute atomic E-state index is 0.644. The first-order valence-electron chi connectivity index (χ1n) is 7.08. The number of aryl methyl sites for hydroxylation is 1. The number of imidazole rings is 1. The summed E-state index contributed by atoms with van der Waals surface area (Å²) in [4.78, 5) is 10.6. The van der Waals surface area contributed by atoms with E-state index in [1.165, 1.54) is 63.1 Å². The van der Waals surface area contributed by atoms with Gasteiger partial charge in [0.05, 0.1) is 0 Å². The van der Waals surface area contributed by atoms with Crippen LogP contribution >= 0.6 is 0 Å². The predicted molar refractivity (Wildman–Crippen MR) is 69.1 cm³/mol. The Morgan fingerprint density at radius 3 is 2.76 bits per heavy atom. The summed E-state index contributed by atoms with van der Waals surface area (Å²) in [5.74, 6) is 1.85. The van der Waals surface area contributed by atoms with Crippen LogP contribution in [0.2, 0.25) is 0 Å². The van der Waals surface area contributed by atoms with Gasteiger partial charge in [-0.1, -0.05) is 19.3 Å². The minimum atomic E-state index is 0.644. The fourth-order valence-corrected chi connectivity index (χ4v) is 3.43. The number of hydrogen-bond donors (Lipinski definition) is 1. The van der Waals surface area contributed by atoms with E-state index in [0.29, 0.717) is 5.92 Å². The van der Waals surface area contributed by atoms with Crippen molar-refractivity contribution in [1.29, 1.82) is 0 Å². The molecule has 0 spiro atoms. The van der Waals surface area contributed by atoms with Crippen molar-refractivity contribution in [3.8, 4) is 0 Å². The largest absolute Gasteiger partial charge is 0.346 e. The second-order valence-electron chi connectivity index (χ2n) is 5.72. The van der Waals surface area contributed by atoms with Crippen LogP contribution in [0.4, 0.5) is 0 Å². The molecule has 1 N–H and O–H groups in total. The zero-order valence-electron chi connectivity index (χ0n) is 10.8. The predicted octanol–water partition coefficient (Wildman–Crippen LogP) is 2.84. The molecule has 1 aliphatic heterocycles. The number of hydrogen-bond acceptors (Lipinski definition) is 2. The molecule has 3 heteroatoms. The number of nitrogens with zero attached hydrogens (tertiary/aromatic N) is 2. The fourth-order valence-electron chi connectivity index (χ4n) is 3.43. The molecule has 2 fully saturated rings. The molecular formula is C14H23N3. The van der Waals surface area contributed by atoms with E-state index in [2.05, 4.69) is 21.8 Å².